The third-order valence-electron chi connectivity index (χ3n) is 2.98. The molecule has 0 saturated carbocycles. The fourth-order valence-corrected chi connectivity index (χ4v) is 2.38. The van der Waals surface area contributed by atoms with Crippen molar-refractivity contribution in [3.8, 4) is 0 Å². The number of rotatable bonds is 2. The maximum Gasteiger partial charge on any atom is 0.307 e. The molecule has 2 aromatic carbocycles. The van der Waals surface area contributed by atoms with Gasteiger partial charge in [0.2, 0.25) is 0 Å². The second-order valence-corrected chi connectivity index (χ2v) is 4.70. The van der Waals surface area contributed by atoms with Gasteiger partial charge in [-0.2, -0.15) is 0 Å². The Kier molecular flexibility index (Phi) is 2.49. The first-order valence-corrected chi connectivity index (χ1v) is 5.93. The fourth-order valence-electron chi connectivity index (χ4n) is 2.21. The lowest BCUT2D eigenvalue weighted by Crippen LogP contribution is -1.99. The molecule has 3 rings (SSSR count). The Balaban J connectivity index is 2.23. The van der Waals surface area contributed by atoms with Gasteiger partial charge in [-0.05, 0) is 29.8 Å². The molecule has 3 aromatic rings. The Hall–Kier alpha value is -2.00. The van der Waals surface area contributed by atoms with Crippen molar-refractivity contribution in [1.29, 1.82) is 0 Å². The zero-order chi connectivity index (χ0) is 12.7. The lowest BCUT2D eigenvalue weighted by Gasteiger charge is -1.97. The topological polar surface area (TPSA) is 53.1 Å². The van der Waals surface area contributed by atoms with E-state index in [1.807, 2.05) is 36.4 Å². The van der Waals surface area contributed by atoms with Gasteiger partial charge in [-0.25, -0.2) is 0 Å². The minimum absolute atomic E-state index is 0.0338. The molecule has 0 amide bonds. The maximum absolute atomic E-state index is 10.7. The van der Waals surface area contributed by atoms with E-state index in [-0.39, 0.29) is 6.42 Å². The Morgan fingerprint density at radius 1 is 1.11 bits per heavy atom. The highest BCUT2D eigenvalue weighted by Gasteiger charge is 2.07. The highest BCUT2D eigenvalue weighted by Crippen LogP contribution is 2.28. The van der Waals surface area contributed by atoms with Crippen molar-refractivity contribution in [3.05, 3.63) is 47.0 Å². The molecule has 0 unspecified atom stereocenters. The number of carboxylic acid groups (broad SMARTS) is 1. The standard InChI is InChI=1S/C14H10ClNO2/c15-9-2-4-12-11(7-9)10-3-1-8(6-14(17)18)5-13(10)16-12/h1-5,7,16H,6H2,(H,17,18). The molecule has 0 saturated heterocycles. The first kappa shape index (κ1) is 11.1. The van der Waals surface area contributed by atoms with Crippen molar-refractivity contribution in [2.45, 2.75) is 6.42 Å². The third-order valence-corrected chi connectivity index (χ3v) is 3.22. The molecule has 0 aliphatic heterocycles. The Morgan fingerprint density at radius 2 is 1.94 bits per heavy atom. The largest absolute Gasteiger partial charge is 0.481 e. The smallest absolute Gasteiger partial charge is 0.307 e. The predicted octanol–water partition coefficient (Wildman–Crippen LogP) is 3.60. The second-order valence-electron chi connectivity index (χ2n) is 4.27. The van der Waals surface area contributed by atoms with E-state index in [0.29, 0.717) is 5.02 Å². The molecule has 1 heterocycles. The summed E-state index contributed by atoms with van der Waals surface area (Å²) in [6.45, 7) is 0. The number of fused-ring (bicyclic) bond motifs is 3. The van der Waals surface area contributed by atoms with Crippen molar-refractivity contribution >= 4 is 39.4 Å². The van der Waals surface area contributed by atoms with Crippen LogP contribution in [-0.4, -0.2) is 16.1 Å². The van der Waals surface area contributed by atoms with Crippen LogP contribution in [0.1, 0.15) is 5.56 Å². The number of hydrogen-bond acceptors (Lipinski definition) is 1. The first-order valence-electron chi connectivity index (χ1n) is 5.55. The second kappa shape index (κ2) is 4.03. The molecule has 90 valence electrons. The fraction of sp³-hybridized carbons (Fsp3) is 0.0714. The summed E-state index contributed by atoms with van der Waals surface area (Å²) in [7, 11) is 0. The van der Waals surface area contributed by atoms with Crippen LogP contribution in [0.5, 0.6) is 0 Å². The van der Waals surface area contributed by atoms with Gasteiger partial charge in [-0.3, -0.25) is 4.79 Å². The van der Waals surface area contributed by atoms with Crippen LogP contribution in [0.25, 0.3) is 21.8 Å². The molecule has 0 radical (unpaired) electrons. The molecule has 4 heteroatoms. The molecule has 0 atom stereocenters. The summed E-state index contributed by atoms with van der Waals surface area (Å²) >= 11 is 5.98. The van der Waals surface area contributed by atoms with Crippen molar-refractivity contribution in [1.82, 2.24) is 4.98 Å². The van der Waals surface area contributed by atoms with Gasteiger partial charge in [-0.15, -0.1) is 0 Å². The van der Waals surface area contributed by atoms with E-state index in [4.69, 9.17) is 16.7 Å². The van der Waals surface area contributed by atoms with Gasteiger partial charge in [-0.1, -0.05) is 23.7 Å². The average Bonchev–Trinajstić information content (AvgIpc) is 2.65. The van der Waals surface area contributed by atoms with E-state index >= 15 is 0 Å². The molecule has 1 aromatic heterocycles. The number of benzene rings is 2. The lowest BCUT2D eigenvalue weighted by molar-refractivity contribution is -0.136. The van der Waals surface area contributed by atoms with Gasteiger partial charge in [0.05, 0.1) is 6.42 Å². The van der Waals surface area contributed by atoms with E-state index in [2.05, 4.69) is 4.98 Å². The van der Waals surface area contributed by atoms with Crippen molar-refractivity contribution < 1.29 is 9.90 Å². The molecule has 0 aliphatic rings. The molecular weight excluding hydrogens is 250 g/mol. The van der Waals surface area contributed by atoms with Crippen LogP contribution in [0.4, 0.5) is 0 Å². The summed E-state index contributed by atoms with van der Waals surface area (Å²) < 4.78 is 0. The number of halogens is 1. The number of carbonyl (C=O) groups is 1. The number of hydrogen-bond donors (Lipinski definition) is 2. The summed E-state index contributed by atoms with van der Waals surface area (Å²) in [6, 6.07) is 11.3. The number of aliphatic carboxylic acids is 1. The number of nitrogens with one attached hydrogen (secondary N) is 1. The molecule has 0 spiro atoms. The van der Waals surface area contributed by atoms with E-state index in [9.17, 15) is 4.79 Å². The van der Waals surface area contributed by atoms with Crippen LogP contribution in [-0.2, 0) is 11.2 Å². The van der Waals surface area contributed by atoms with E-state index < -0.39 is 5.97 Å². The highest BCUT2D eigenvalue weighted by molar-refractivity contribution is 6.31. The highest BCUT2D eigenvalue weighted by atomic mass is 35.5. The molecule has 2 N–H and O–H groups in total. The number of H-pyrrole nitrogens is 1. The molecule has 18 heavy (non-hydrogen) atoms. The van der Waals surface area contributed by atoms with Crippen LogP contribution in [0, 0.1) is 0 Å². The van der Waals surface area contributed by atoms with Crippen LogP contribution in [0.2, 0.25) is 5.02 Å². The van der Waals surface area contributed by atoms with Gasteiger partial charge in [0, 0.05) is 26.8 Å². The molecule has 0 fully saturated rings. The van der Waals surface area contributed by atoms with Crippen molar-refractivity contribution in [3.63, 3.8) is 0 Å². The van der Waals surface area contributed by atoms with Crippen LogP contribution >= 0.6 is 11.6 Å². The van der Waals surface area contributed by atoms with Gasteiger partial charge in [0.25, 0.3) is 0 Å². The number of carboxylic acids is 1. The lowest BCUT2D eigenvalue weighted by atomic mass is 10.1. The monoisotopic (exact) mass is 259 g/mol. The Bertz CT molecular complexity index is 761. The van der Waals surface area contributed by atoms with Crippen LogP contribution < -0.4 is 0 Å². The van der Waals surface area contributed by atoms with Crippen molar-refractivity contribution in [2.24, 2.45) is 0 Å². The average molecular weight is 260 g/mol. The quantitative estimate of drug-likeness (QED) is 0.739. The molecule has 3 nitrogen and oxygen atoms in total. The van der Waals surface area contributed by atoms with Crippen molar-refractivity contribution in [2.75, 3.05) is 0 Å². The SMILES string of the molecule is O=C(O)Cc1ccc2c(c1)[nH]c1ccc(Cl)cc12. The minimum atomic E-state index is -0.825. The predicted molar refractivity (Wildman–Crippen MR) is 72.2 cm³/mol. The van der Waals surface area contributed by atoms with Crippen LogP contribution in [0.3, 0.4) is 0 Å². The Labute approximate surface area is 108 Å². The molecule has 0 aliphatic carbocycles. The number of aromatic amines is 1. The van der Waals surface area contributed by atoms with Crippen LogP contribution in [0.15, 0.2) is 36.4 Å². The number of aromatic nitrogens is 1. The normalized spacial score (nSPS) is 11.2. The summed E-state index contributed by atoms with van der Waals surface area (Å²) in [5, 5.41) is 11.6. The zero-order valence-corrected chi connectivity index (χ0v) is 10.2. The summed E-state index contributed by atoms with van der Waals surface area (Å²) in [5.41, 5.74) is 2.72. The molecular formula is C14H10ClNO2. The van der Waals surface area contributed by atoms with Gasteiger partial charge < -0.3 is 10.1 Å². The zero-order valence-electron chi connectivity index (χ0n) is 9.40. The Morgan fingerprint density at radius 3 is 2.72 bits per heavy atom. The summed E-state index contributed by atoms with van der Waals surface area (Å²) in [5.74, 6) is -0.825. The minimum Gasteiger partial charge on any atom is -0.481 e. The third kappa shape index (κ3) is 1.83. The molecule has 0 bridgehead atoms. The maximum atomic E-state index is 10.7. The van der Waals surface area contributed by atoms with E-state index in [1.54, 1.807) is 0 Å². The van der Waals surface area contributed by atoms with E-state index in [1.165, 1.54) is 0 Å². The van der Waals surface area contributed by atoms with Gasteiger partial charge >= 0.3 is 5.97 Å². The van der Waals surface area contributed by atoms with E-state index in [0.717, 1.165) is 27.4 Å². The summed E-state index contributed by atoms with van der Waals surface area (Å²) in [4.78, 5) is 14.0. The van der Waals surface area contributed by atoms with Gasteiger partial charge in [0.15, 0.2) is 0 Å². The van der Waals surface area contributed by atoms with Gasteiger partial charge in [0.1, 0.15) is 0 Å². The summed E-state index contributed by atoms with van der Waals surface area (Å²) in [6.07, 6.45) is 0.0338. The first-order chi connectivity index (χ1) is 8.63.